The number of hydrogen-bond acceptors (Lipinski definition) is 2. The molecule has 1 unspecified atom stereocenters. The Bertz CT molecular complexity index is 395. The van der Waals surface area contributed by atoms with Gasteiger partial charge in [0.1, 0.15) is 6.29 Å². The first kappa shape index (κ1) is 9.13. The second kappa shape index (κ2) is 3.05. The van der Waals surface area contributed by atoms with Gasteiger partial charge in [-0.15, -0.1) is 0 Å². The van der Waals surface area contributed by atoms with Crippen LogP contribution in [0, 0.1) is 5.41 Å². The molecule has 0 saturated heterocycles. The molecule has 0 fully saturated rings. The molecule has 0 N–H and O–H groups in total. The highest BCUT2D eigenvalue weighted by Crippen LogP contribution is 2.38. The van der Waals surface area contributed by atoms with E-state index in [0.29, 0.717) is 12.8 Å². The van der Waals surface area contributed by atoms with E-state index >= 15 is 0 Å². The predicted octanol–water partition coefficient (Wildman–Crippen LogP) is 2.02. The maximum atomic E-state index is 11.9. The molecule has 1 aromatic carbocycles. The summed E-state index contributed by atoms with van der Waals surface area (Å²) in [5.74, 6) is 0.111. The number of fused-ring (bicyclic) bond motifs is 1. The maximum Gasteiger partial charge on any atom is 0.169 e. The minimum Gasteiger partial charge on any atom is -0.303 e. The van der Waals surface area contributed by atoms with Crippen molar-refractivity contribution in [1.29, 1.82) is 0 Å². The number of hydrogen-bond donors (Lipinski definition) is 0. The summed E-state index contributed by atoms with van der Waals surface area (Å²) in [5, 5.41) is 0. The summed E-state index contributed by atoms with van der Waals surface area (Å²) >= 11 is 0. The number of ketones is 1. The van der Waals surface area contributed by atoms with Crippen LogP contribution >= 0.6 is 0 Å². The van der Waals surface area contributed by atoms with Gasteiger partial charge in [0.2, 0.25) is 0 Å². The Morgan fingerprint density at radius 3 is 2.79 bits per heavy atom. The molecular formula is C12H12O2. The molecule has 0 amide bonds. The summed E-state index contributed by atoms with van der Waals surface area (Å²) in [6.07, 6.45) is 1.85. The molecule has 1 aromatic rings. The van der Waals surface area contributed by atoms with Crippen molar-refractivity contribution < 1.29 is 9.59 Å². The Balaban J connectivity index is 2.43. The summed E-state index contributed by atoms with van der Waals surface area (Å²) < 4.78 is 0. The Labute approximate surface area is 82.9 Å². The first-order chi connectivity index (χ1) is 6.67. The molecule has 72 valence electrons. The van der Waals surface area contributed by atoms with Crippen molar-refractivity contribution in [2.45, 2.75) is 19.8 Å². The van der Waals surface area contributed by atoms with Crippen molar-refractivity contribution in [3.05, 3.63) is 35.4 Å². The summed E-state index contributed by atoms with van der Waals surface area (Å²) in [6, 6.07) is 7.60. The first-order valence-electron chi connectivity index (χ1n) is 4.74. The lowest BCUT2D eigenvalue weighted by Gasteiger charge is -2.17. The van der Waals surface area contributed by atoms with Crippen molar-refractivity contribution in [3.63, 3.8) is 0 Å². The Morgan fingerprint density at radius 1 is 1.43 bits per heavy atom. The first-order valence-corrected chi connectivity index (χ1v) is 4.74. The van der Waals surface area contributed by atoms with Gasteiger partial charge in [-0.3, -0.25) is 4.79 Å². The Kier molecular flexibility index (Phi) is 1.99. The van der Waals surface area contributed by atoms with Gasteiger partial charge in [-0.05, 0) is 12.0 Å². The van der Waals surface area contributed by atoms with Crippen LogP contribution in [0.3, 0.4) is 0 Å². The fourth-order valence-electron chi connectivity index (χ4n) is 2.07. The molecule has 2 heteroatoms. The van der Waals surface area contributed by atoms with Gasteiger partial charge in [-0.1, -0.05) is 31.2 Å². The van der Waals surface area contributed by atoms with E-state index in [1.807, 2.05) is 31.2 Å². The van der Waals surface area contributed by atoms with Gasteiger partial charge in [0, 0.05) is 17.4 Å². The molecule has 2 nitrogen and oxygen atoms in total. The Hall–Kier alpha value is -1.44. The van der Waals surface area contributed by atoms with Crippen molar-refractivity contribution in [2.75, 3.05) is 0 Å². The molecular weight excluding hydrogens is 176 g/mol. The minimum atomic E-state index is -0.495. The number of carbonyl (C=O) groups is 2. The molecule has 1 aliphatic carbocycles. The number of carbonyl (C=O) groups excluding carboxylic acids is 2. The van der Waals surface area contributed by atoms with E-state index in [-0.39, 0.29) is 5.78 Å². The molecule has 0 radical (unpaired) electrons. The predicted molar refractivity (Wildman–Crippen MR) is 53.3 cm³/mol. The van der Waals surface area contributed by atoms with Gasteiger partial charge < -0.3 is 4.79 Å². The highest BCUT2D eigenvalue weighted by molar-refractivity contribution is 6.05. The highest BCUT2D eigenvalue weighted by Gasteiger charge is 2.40. The quantitative estimate of drug-likeness (QED) is 0.665. The summed E-state index contributed by atoms with van der Waals surface area (Å²) in [4.78, 5) is 22.5. The zero-order chi connectivity index (χ0) is 10.2. The second-order valence-electron chi connectivity index (χ2n) is 4.09. The molecule has 1 atom stereocenters. The molecule has 0 aromatic heterocycles. The molecule has 0 heterocycles. The van der Waals surface area contributed by atoms with E-state index in [4.69, 9.17) is 0 Å². The summed E-state index contributed by atoms with van der Waals surface area (Å²) in [5.41, 5.74) is 1.37. The third kappa shape index (κ3) is 1.18. The lowest BCUT2D eigenvalue weighted by atomic mass is 9.83. The topological polar surface area (TPSA) is 34.1 Å². The van der Waals surface area contributed by atoms with Gasteiger partial charge in [0.25, 0.3) is 0 Å². The fraction of sp³-hybridized carbons (Fsp3) is 0.333. The molecule has 0 bridgehead atoms. The van der Waals surface area contributed by atoms with Crippen molar-refractivity contribution in [2.24, 2.45) is 5.41 Å². The van der Waals surface area contributed by atoms with Crippen LogP contribution in [0.2, 0.25) is 0 Å². The van der Waals surface area contributed by atoms with Gasteiger partial charge in [0.15, 0.2) is 5.78 Å². The monoisotopic (exact) mass is 188 g/mol. The van der Waals surface area contributed by atoms with Gasteiger partial charge in [-0.2, -0.15) is 0 Å². The van der Waals surface area contributed by atoms with Crippen LogP contribution in [0.25, 0.3) is 0 Å². The van der Waals surface area contributed by atoms with Gasteiger partial charge in [-0.25, -0.2) is 0 Å². The van der Waals surface area contributed by atoms with E-state index in [2.05, 4.69) is 0 Å². The number of rotatable bonds is 2. The molecule has 0 saturated carbocycles. The maximum absolute atomic E-state index is 11.9. The fourth-order valence-corrected chi connectivity index (χ4v) is 2.07. The molecule has 0 aliphatic heterocycles. The third-order valence-electron chi connectivity index (χ3n) is 2.92. The molecule has 14 heavy (non-hydrogen) atoms. The molecule has 0 spiro atoms. The van der Waals surface area contributed by atoms with Crippen LogP contribution in [0.5, 0.6) is 0 Å². The van der Waals surface area contributed by atoms with Crippen LogP contribution in [-0.2, 0) is 11.2 Å². The number of aldehydes is 1. The molecule has 1 aliphatic rings. The van der Waals surface area contributed by atoms with Crippen molar-refractivity contribution >= 4 is 12.1 Å². The number of Topliss-reactive ketones (excluding diaryl/α,β-unsaturated/α-hetero) is 1. The standard InChI is InChI=1S/C12H12O2/c1-12(6-7-13)8-9-4-2-3-5-10(9)11(12)14/h2-5,7H,6,8H2,1H3. The minimum absolute atomic E-state index is 0.111. The summed E-state index contributed by atoms with van der Waals surface area (Å²) in [6.45, 7) is 1.86. The van der Waals surface area contributed by atoms with Crippen LogP contribution < -0.4 is 0 Å². The van der Waals surface area contributed by atoms with Gasteiger partial charge in [0.05, 0.1) is 0 Å². The normalized spacial score (nSPS) is 24.8. The van der Waals surface area contributed by atoms with E-state index in [0.717, 1.165) is 17.4 Å². The average Bonchev–Trinajstić information content (AvgIpc) is 2.41. The highest BCUT2D eigenvalue weighted by atomic mass is 16.1. The van der Waals surface area contributed by atoms with Crippen LogP contribution in [0.4, 0.5) is 0 Å². The van der Waals surface area contributed by atoms with Crippen molar-refractivity contribution in [3.8, 4) is 0 Å². The van der Waals surface area contributed by atoms with Gasteiger partial charge >= 0.3 is 0 Å². The average molecular weight is 188 g/mol. The summed E-state index contributed by atoms with van der Waals surface area (Å²) in [7, 11) is 0. The number of benzene rings is 1. The van der Waals surface area contributed by atoms with Crippen LogP contribution in [0.1, 0.15) is 29.3 Å². The lowest BCUT2D eigenvalue weighted by Crippen LogP contribution is -2.24. The van der Waals surface area contributed by atoms with E-state index in [1.54, 1.807) is 0 Å². The van der Waals surface area contributed by atoms with E-state index in [1.165, 1.54) is 0 Å². The largest absolute Gasteiger partial charge is 0.303 e. The van der Waals surface area contributed by atoms with Crippen LogP contribution in [0.15, 0.2) is 24.3 Å². The second-order valence-corrected chi connectivity index (χ2v) is 4.09. The van der Waals surface area contributed by atoms with Crippen molar-refractivity contribution in [1.82, 2.24) is 0 Å². The van der Waals surface area contributed by atoms with E-state index < -0.39 is 5.41 Å². The van der Waals surface area contributed by atoms with E-state index in [9.17, 15) is 9.59 Å². The Morgan fingerprint density at radius 2 is 2.14 bits per heavy atom. The smallest absolute Gasteiger partial charge is 0.169 e. The third-order valence-corrected chi connectivity index (χ3v) is 2.92. The zero-order valence-electron chi connectivity index (χ0n) is 8.12. The molecule has 2 rings (SSSR count). The van der Waals surface area contributed by atoms with Crippen LogP contribution in [-0.4, -0.2) is 12.1 Å². The zero-order valence-corrected chi connectivity index (χ0v) is 8.12. The lowest BCUT2D eigenvalue weighted by molar-refractivity contribution is -0.109. The SMILES string of the molecule is CC1(CC=O)Cc2ccccc2C1=O.